The molecule has 9 nitrogen and oxygen atoms in total. The minimum Gasteiger partial charge on any atom is -0.370 e. The predicted octanol–water partition coefficient (Wildman–Crippen LogP) is 0.585. The molecule has 1 aliphatic heterocycles. The van der Waals surface area contributed by atoms with E-state index in [2.05, 4.69) is 28.9 Å². The van der Waals surface area contributed by atoms with Crippen LogP contribution in [0.5, 0.6) is 0 Å². The number of aromatic nitrogens is 4. The van der Waals surface area contributed by atoms with Crippen LogP contribution in [0, 0.1) is 5.92 Å². The first-order valence-corrected chi connectivity index (χ1v) is 9.39. The van der Waals surface area contributed by atoms with Crippen molar-refractivity contribution >= 4 is 11.8 Å². The molecule has 1 fully saturated rings. The van der Waals surface area contributed by atoms with E-state index in [-0.39, 0.29) is 31.0 Å². The predicted molar refractivity (Wildman–Crippen MR) is 101 cm³/mol. The molecule has 0 bridgehead atoms. The first kappa shape index (κ1) is 19.9. The summed E-state index contributed by atoms with van der Waals surface area (Å²) in [6.45, 7) is 6.07. The van der Waals surface area contributed by atoms with Crippen molar-refractivity contribution in [1.29, 1.82) is 0 Å². The van der Waals surface area contributed by atoms with Gasteiger partial charge in [0, 0.05) is 32.0 Å². The molecule has 150 valence electrons. The van der Waals surface area contributed by atoms with Crippen molar-refractivity contribution in [1.82, 2.24) is 29.5 Å². The van der Waals surface area contributed by atoms with Gasteiger partial charge in [-0.25, -0.2) is 9.67 Å². The molecule has 2 amide bonds. The van der Waals surface area contributed by atoms with Crippen molar-refractivity contribution in [3.8, 4) is 0 Å². The van der Waals surface area contributed by atoms with Crippen LogP contribution in [0.1, 0.15) is 19.4 Å². The zero-order valence-electron chi connectivity index (χ0n) is 16.3. The fraction of sp³-hybridized carbons (Fsp3) is 0.526. The highest BCUT2D eigenvalue weighted by atomic mass is 16.5. The maximum Gasteiger partial charge on any atom is 0.244 e. The van der Waals surface area contributed by atoms with Gasteiger partial charge in [-0.2, -0.15) is 5.10 Å². The van der Waals surface area contributed by atoms with E-state index in [1.165, 1.54) is 17.3 Å². The molecule has 0 aromatic carbocycles. The zero-order chi connectivity index (χ0) is 19.9. The van der Waals surface area contributed by atoms with Crippen molar-refractivity contribution < 1.29 is 14.3 Å². The standard InChI is InChI=1S/C19H26N6O3/c1-15(2)7-23-8-17(28-12-16-4-3-5-20-6-16)9-24(10-18(23)26)19(27)11-25-14-21-13-22-25/h3-6,13-15,17H,7-12H2,1-2H3. The summed E-state index contributed by atoms with van der Waals surface area (Å²) >= 11 is 0. The van der Waals surface area contributed by atoms with E-state index < -0.39 is 0 Å². The smallest absolute Gasteiger partial charge is 0.244 e. The van der Waals surface area contributed by atoms with Crippen LogP contribution in [0.15, 0.2) is 37.2 Å². The summed E-state index contributed by atoms with van der Waals surface area (Å²) in [6, 6.07) is 3.79. The molecule has 3 rings (SSSR count). The highest BCUT2D eigenvalue weighted by molar-refractivity contribution is 5.85. The first-order valence-electron chi connectivity index (χ1n) is 9.39. The number of rotatable bonds is 7. The van der Waals surface area contributed by atoms with Crippen molar-refractivity contribution in [2.45, 2.75) is 33.1 Å². The molecule has 1 aliphatic rings. The Morgan fingerprint density at radius 2 is 2.18 bits per heavy atom. The number of ether oxygens (including phenoxy) is 1. The number of carbonyl (C=O) groups is 2. The molecule has 2 aromatic heterocycles. The first-order chi connectivity index (χ1) is 13.5. The van der Waals surface area contributed by atoms with Crippen molar-refractivity contribution in [3.05, 3.63) is 42.7 Å². The van der Waals surface area contributed by atoms with E-state index in [9.17, 15) is 9.59 Å². The van der Waals surface area contributed by atoms with E-state index in [0.717, 1.165) is 5.56 Å². The molecule has 3 heterocycles. The molecule has 1 unspecified atom stereocenters. The normalized spacial score (nSPS) is 17.8. The topological polar surface area (TPSA) is 93.4 Å². The number of nitrogens with zero attached hydrogens (tertiary/aromatic N) is 6. The number of carbonyl (C=O) groups excluding carboxylic acids is 2. The van der Waals surface area contributed by atoms with E-state index in [1.807, 2.05) is 12.1 Å². The van der Waals surface area contributed by atoms with Gasteiger partial charge in [0.1, 0.15) is 19.2 Å². The number of hydrogen-bond donors (Lipinski definition) is 0. The quantitative estimate of drug-likeness (QED) is 0.691. The van der Waals surface area contributed by atoms with Crippen molar-refractivity contribution in [3.63, 3.8) is 0 Å². The van der Waals surface area contributed by atoms with Crippen molar-refractivity contribution in [2.75, 3.05) is 26.2 Å². The van der Waals surface area contributed by atoms with Crippen molar-refractivity contribution in [2.24, 2.45) is 5.92 Å². The third-order valence-electron chi connectivity index (χ3n) is 4.44. The summed E-state index contributed by atoms with van der Waals surface area (Å²) < 4.78 is 7.52. The SMILES string of the molecule is CC(C)CN1CC(OCc2cccnc2)CN(C(=O)Cn2cncn2)CC1=O. The second kappa shape index (κ2) is 9.41. The van der Waals surface area contributed by atoms with Crippen LogP contribution in [-0.4, -0.2) is 73.6 Å². The summed E-state index contributed by atoms with van der Waals surface area (Å²) in [6.07, 6.45) is 6.05. The Labute approximate surface area is 164 Å². The van der Waals surface area contributed by atoms with Gasteiger partial charge in [0.2, 0.25) is 11.8 Å². The molecule has 0 radical (unpaired) electrons. The Kier molecular flexibility index (Phi) is 6.70. The largest absolute Gasteiger partial charge is 0.370 e. The maximum absolute atomic E-state index is 12.7. The lowest BCUT2D eigenvalue weighted by molar-refractivity contribution is -0.139. The molecule has 28 heavy (non-hydrogen) atoms. The molecule has 2 aromatic rings. The number of amides is 2. The molecule has 9 heteroatoms. The average Bonchev–Trinajstić information content (AvgIpc) is 3.12. The van der Waals surface area contributed by atoms with Gasteiger partial charge in [-0.3, -0.25) is 14.6 Å². The van der Waals surface area contributed by atoms with Gasteiger partial charge in [-0.1, -0.05) is 19.9 Å². The van der Waals surface area contributed by atoms with Gasteiger partial charge < -0.3 is 14.5 Å². The van der Waals surface area contributed by atoms with Gasteiger partial charge >= 0.3 is 0 Å². The lowest BCUT2D eigenvalue weighted by Crippen LogP contribution is -2.41. The van der Waals surface area contributed by atoms with Crippen LogP contribution in [-0.2, 0) is 27.5 Å². The Morgan fingerprint density at radius 3 is 2.86 bits per heavy atom. The highest BCUT2D eigenvalue weighted by Gasteiger charge is 2.31. The summed E-state index contributed by atoms with van der Waals surface area (Å²) in [5.74, 6) is 0.0914. The molecule has 1 saturated heterocycles. The summed E-state index contributed by atoms with van der Waals surface area (Å²) in [5, 5.41) is 3.97. The van der Waals surface area contributed by atoms with Crippen LogP contribution in [0.4, 0.5) is 0 Å². The molecule has 0 aliphatic carbocycles. The molecular formula is C19H26N6O3. The monoisotopic (exact) mass is 386 g/mol. The fourth-order valence-electron chi connectivity index (χ4n) is 3.14. The van der Waals surface area contributed by atoms with Crippen LogP contribution in [0.3, 0.4) is 0 Å². The summed E-state index contributed by atoms with van der Waals surface area (Å²) in [5.41, 5.74) is 0.953. The van der Waals surface area contributed by atoms with Gasteiger partial charge in [-0.15, -0.1) is 0 Å². The Morgan fingerprint density at radius 1 is 1.32 bits per heavy atom. The van der Waals surface area contributed by atoms with E-state index in [4.69, 9.17) is 4.74 Å². The molecule has 1 atom stereocenters. The number of pyridine rings is 1. The van der Waals surface area contributed by atoms with Crippen LogP contribution < -0.4 is 0 Å². The Bertz CT molecular complexity index is 765. The maximum atomic E-state index is 12.7. The van der Waals surface area contributed by atoms with Crippen LogP contribution >= 0.6 is 0 Å². The second-order valence-corrected chi connectivity index (χ2v) is 7.35. The van der Waals surface area contributed by atoms with Gasteiger partial charge in [0.25, 0.3) is 0 Å². The molecule has 0 saturated carbocycles. The zero-order valence-corrected chi connectivity index (χ0v) is 16.3. The van der Waals surface area contributed by atoms with E-state index >= 15 is 0 Å². The lowest BCUT2D eigenvalue weighted by atomic mass is 10.2. The second-order valence-electron chi connectivity index (χ2n) is 7.35. The average molecular weight is 386 g/mol. The molecule has 0 N–H and O–H groups in total. The van der Waals surface area contributed by atoms with E-state index in [1.54, 1.807) is 22.2 Å². The summed E-state index contributed by atoms with van der Waals surface area (Å²) in [7, 11) is 0. The lowest BCUT2D eigenvalue weighted by Gasteiger charge is -2.26. The molecular weight excluding hydrogens is 360 g/mol. The van der Waals surface area contributed by atoms with Gasteiger partial charge in [-0.05, 0) is 17.5 Å². The van der Waals surface area contributed by atoms with Gasteiger partial charge in [0.15, 0.2) is 0 Å². The van der Waals surface area contributed by atoms with E-state index in [0.29, 0.717) is 32.2 Å². The van der Waals surface area contributed by atoms with Crippen LogP contribution in [0.25, 0.3) is 0 Å². The van der Waals surface area contributed by atoms with Crippen LogP contribution in [0.2, 0.25) is 0 Å². The Balaban J connectivity index is 1.70. The molecule has 0 spiro atoms. The minimum absolute atomic E-state index is 0.0484. The Hall–Kier alpha value is -2.81. The third-order valence-corrected chi connectivity index (χ3v) is 4.44. The van der Waals surface area contributed by atoms with Gasteiger partial charge in [0.05, 0.1) is 19.3 Å². The fourth-order valence-corrected chi connectivity index (χ4v) is 3.14. The minimum atomic E-state index is -0.273. The summed E-state index contributed by atoms with van der Waals surface area (Å²) in [4.78, 5) is 36.7. The highest BCUT2D eigenvalue weighted by Crippen LogP contribution is 2.13. The number of hydrogen-bond acceptors (Lipinski definition) is 6. The third kappa shape index (κ3) is 5.59.